The van der Waals surface area contributed by atoms with E-state index < -0.39 is 5.91 Å². The molecule has 1 amide bonds. The zero-order chi connectivity index (χ0) is 23.5. The topological polar surface area (TPSA) is 96.1 Å². The molecule has 170 valence electrons. The maximum absolute atomic E-state index is 12.8. The molecule has 0 spiro atoms. The monoisotopic (exact) mass is 462 g/mol. The molecule has 0 aliphatic carbocycles. The summed E-state index contributed by atoms with van der Waals surface area (Å²) in [6.45, 7) is 10.9. The molecule has 1 N–H and O–H groups in total. The average Bonchev–Trinajstić information content (AvgIpc) is 3.38. The van der Waals surface area contributed by atoms with Gasteiger partial charge >= 0.3 is 0 Å². The highest BCUT2D eigenvalue weighted by molar-refractivity contribution is 7.19. The van der Waals surface area contributed by atoms with Crippen LogP contribution in [0.4, 0.5) is 10.3 Å². The van der Waals surface area contributed by atoms with Gasteiger partial charge in [0.05, 0.1) is 13.2 Å². The SMILES string of the molecule is Cc1ccc(-n2c(C)cc(/C=C(/C#N)C(=O)Nc3nnc(N4CCOCC4)s3)c2C)cc1C. The zero-order valence-electron chi connectivity index (χ0n) is 19.2. The molecule has 9 heteroatoms. The fourth-order valence-corrected chi connectivity index (χ4v) is 4.60. The molecule has 1 saturated heterocycles. The summed E-state index contributed by atoms with van der Waals surface area (Å²) in [7, 11) is 0. The van der Waals surface area contributed by atoms with Crippen LogP contribution in [0.1, 0.15) is 28.1 Å². The number of ether oxygens (including phenoxy) is 1. The second-order valence-electron chi connectivity index (χ2n) is 8.04. The molecule has 3 aromatic rings. The molecule has 1 fully saturated rings. The molecule has 8 nitrogen and oxygen atoms in total. The summed E-state index contributed by atoms with van der Waals surface area (Å²) in [6.07, 6.45) is 1.62. The molecule has 0 saturated carbocycles. The lowest BCUT2D eigenvalue weighted by atomic mass is 10.1. The summed E-state index contributed by atoms with van der Waals surface area (Å²) in [5, 5.41) is 21.7. The Bertz CT molecular complexity index is 1260. The number of aromatic nitrogens is 3. The second-order valence-corrected chi connectivity index (χ2v) is 9.00. The first-order chi connectivity index (χ1) is 15.9. The van der Waals surface area contributed by atoms with Gasteiger partial charge in [-0.1, -0.05) is 17.4 Å². The molecule has 3 heterocycles. The lowest BCUT2D eigenvalue weighted by molar-refractivity contribution is -0.112. The standard InChI is InChI=1S/C24H26N6O2S/c1-15-5-6-21(11-16(15)2)30-17(3)12-19(18(30)4)13-20(14-25)22(31)26-23-27-28-24(33-23)29-7-9-32-10-8-29/h5-6,11-13H,7-10H2,1-4H3,(H,26,27,31)/b20-13-. The van der Waals surface area contributed by atoms with Gasteiger partial charge in [-0.15, -0.1) is 10.2 Å². The van der Waals surface area contributed by atoms with Crippen molar-refractivity contribution in [2.75, 3.05) is 36.5 Å². The van der Waals surface area contributed by atoms with Gasteiger partial charge in [-0.05, 0) is 68.7 Å². The van der Waals surface area contributed by atoms with Crippen molar-refractivity contribution in [3.05, 3.63) is 57.9 Å². The van der Waals surface area contributed by atoms with E-state index in [0.29, 0.717) is 18.3 Å². The normalized spacial score (nSPS) is 14.3. The summed E-state index contributed by atoms with van der Waals surface area (Å²) in [5.41, 5.74) is 6.32. The van der Waals surface area contributed by atoms with Crippen LogP contribution >= 0.6 is 11.3 Å². The number of carbonyl (C=O) groups excluding carboxylic acids is 1. The second kappa shape index (κ2) is 9.57. The first-order valence-electron chi connectivity index (χ1n) is 10.7. The van der Waals surface area contributed by atoms with Gasteiger partial charge in [0.1, 0.15) is 11.6 Å². The van der Waals surface area contributed by atoms with Crippen LogP contribution in [0.5, 0.6) is 0 Å². The number of morpholine rings is 1. The Hall–Kier alpha value is -3.48. The number of aryl methyl sites for hydroxylation is 3. The van der Waals surface area contributed by atoms with Crippen molar-refractivity contribution in [3.63, 3.8) is 0 Å². The van der Waals surface area contributed by atoms with Crippen LogP contribution in [0.2, 0.25) is 0 Å². The number of nitrogens with zero attached hydrogens (tertiary/aromatic N) is 5. The highest BCUT2D eigenvalue weighted by Crippen LogP contribution is 2.27. The fourth-order valence-electron chi connectivity index (χ4n) is 3.81. The van der Waals surface area contributed by atoms with Gasteiger partial charge in [0.25, 0.3) is 5.91 Å². The van der Waals surface area contributed by atoms with Crippen molar-refractivity contribution in [1.29, 1.82) is 5.26 Å². The van der Waals surface area contributed by atoms with Crippen LogP contribution in [0.15, 0.2) is 29.8 Å². The van der Waals surface area contributed by atoms with E-state index in [1.807, 2.05) is 26.0 Å². The van der Waals surface area contributed by atoms with E-state index >= 15 is 0 Å². The predicted molar refractivity (Wildman–Crippen MR) is 130 cm³/mol. The number of hydrogen-bond acceptors (Lipinski definition) is 7. The Morgan fingerprint density at radius 1 is 1.15 bits per heavy atom. The van der Waals surface area contributed by atoms with Crippen molar-refractivity contribution in [3.8, 4) is 11.8 Å². The molecule has 0 radical (unpaired) electrons. The molecule has 1 aliphatic heterocycles. The van der Waals surface area contributed by atoms with Gasteiger partial charge in [-0.3, -0.25) is 10.1 Å². The lowest BCUT2D eigenvalue weighted by Crippen LogP contribution is -2.36. The number of anilines is 2. The van der Waals surface area contributed by atoms with Crippen molar-refractivity contribution in [2.24, 2.45) is 0 Å². The van der Waals surface area contributed by atoms with Crippen LogP contribution in [0.25, 0.3) is 11.8 Å². The minimum atomic E-state index is -0.502. The third-order valence-corrected chi connectivity index (χ3v) is 6.70. The summed E-state index contributed by atoms with van der Waals surface area (Å²) < 4.78 is 7.48. The van der Waals surface area contributed by atoms with E-state index in [2.05, 4.69) is 57.0 Å². The molecule has 0 unspecified atom stereocenters. The van der Waals surface area contributed by atoms with Gasteiger partial charge in [0.15, 0.2) is 0 Å². The molecular weight excluding hydrogens is 436 g/mol. The molecule has 0 bridgehead atoms. The number of benzene rings is 1. The summed E-state index contributed by atoms with van der Waals surface area (Å²) in [4.78, 5) is 14.9. The highest BCUT2D eigenvalue weighted by Gasteiger charge is 2.19. The number of amides is 1. The molecule has 1 aromatic carbocycles. The van der Waals surface area contributed by atoms with Crippen LogP contribution in [-0.4, -0.2) is 47.0 Å². The molecule has 1 aliphatic rings. The van der Waals surface area contributed by atoms with E-state index in [-0.39, 0.29) is 5.57 Å². The number of hydrogen-bond donors (Lipinski definition) is 1. The number of rotatable bonds is 5. The van der Waals surface area contributed by atoms with Crippen molar-refractivity contribution in [2.45, 2.75) is 27.7 Å². The maximum atomic E-state index is 12.8. The minimum absolute atomic E-state index is 0.0125. The average molecular weight is 463 g/mol. The lowest BCUT2D eigenvalue weighted by Gasteiger charge is -2.25. The van der Waals surface area contributed by atoms with Gasteiger partial charge in [0, 0.05) is 30.2 Å². The maximum Gasteiger partial charge on any atom is 0.268 e. The van der Waals surface area contributed by atoms with Crippen molar-refractivity contribution >= 4 is 33.6 Å². The van der Waals surface area contributed by atoms with Crippen LogP contribution < -0.4 is 10.2 Å². The third-order valence-electron chi connectivity index (χ3n) is 5.80. The molecule has 4 rings (SSSR count). The van der Waals surface area contributed by atoms with Gasteiger partial charge in [-0.25, -0.2) is 0 Å². The first-order valence-corrected chi connectivity index (χ1v) is 11.5. The van der Waals surface area contributed by atoms with Crippen LogP contribution in [-0.2, 0) is 9.53 Å². The van der Waals surface area contributed by atoms with Gasteiger partial charge < -0.3 is 14.2 Å². The Kier molecular flexibility index (Phi) is 6.58. The Balaban J connectivity index is 1.55. The van der Waals surface area contributed by atoms with E-state index in [4.69, 9.17) is 4.74 Å². The first kappa shape index (κ1) is 22.7. The van der Waals surface area contributed by atoms with Crippen molar-refractivity contribution < 1.29 is 9.53 Å². The molecule has 33 heavy (non-hydrogen) atoms. The van der Waals surface area contributed by atoms with E-state index in [1.165, 1.54) is 22.5 Å². The Labute approximate surface area is 197 Å². The van der Waals surface area contributed by atoms with E-state index in [1.54, 1.807) is 6.08 Å². The van der Waals surface area contributed by atoms with E-state index in [0.717, 1.165) is 40.9 Å². The summed E-state index contributed by atoms with van der Waals surface area (Å²) >= 11 is 1.29. The minimum Gasteiger partial charge on any atom is -0.378 e. The van der Waals surface area contributed by atoms with Gasteiger partial charge in [-0.2, -0.15) is 5.26 Å². The van der Waals surface area contributed by atoms with E-state index in [9.17, 15) is 10.1 Å². The quantitative estimate of drug-likeness (QED) is 0.456. The van der Waals surface area contributed by atoms with Crippen LogP contribution in [0, 0.1) is 39.0 Å². The summed E-state index contributed by atoms with van der Waals surface area (Å²) in [5.74, 6) is -0.502. The number of nitrogens with one attached hydrogen (secondary N) is 1. The molecule has 2 aromatic heterocycles. The number of carbonyl (C=O) groups is 1. The smallest absolute Gasteiger partial charge is 0.268 e. The summed E-state index contributed by atoms with van der Waals surface area (Å²) in [6, 6.07) is 10.3. The zero-order valence-corrected chi connectivity index (χ0v) is 20.0. The highest BCUT2D eigenvalue weighted by atomic mass is 32.1. The Morgan fingerprint density at radius 2 is 1.91 bits per heavy atom. The van der Waals surface area contributed by atoms with Gasteiger partial charge in [0.2, 0.25) is 10.3 Å². The fraction of sp³-hybridized carbons (Fsp3) is 0.333. The largest absolute Gasteiger partial charge is 0.378 e. The van der Waals surface area contributed by atoms with Crippen molar-refractivity contribution in [1.82, 2.24) is 14.8 Å². The van der Waals surface area contributed by atoms with Crippen LogP contribution in [0.3, 0.4) is 0 Å². The molecular formula is C24H26N6O2S. The molecule has 0 atom stereocenters. The Morgan fingerprint density at radius 3 is 2.61 bits per heavy atom. The predicted octanol–water partition coefficient (Wildman–Crippen LogP) is 3.94. The number of nitriles is 1. The third kappa shape index (κ3) is 4.82.